The SMILES string of the molecule is CC(N)CSc1c(Br)c(F)cc(C(=O)O)c1I.Cl. The summed E-state index contributed by atoms with van der Waals surface area (Å²) in [7, 11) is 0. The number of carbonyl (C=O) groups is 1. The highest BCUT2D eigenvalue weighted by Gasteiger charge is 2.19. The molecule has 0 radical (unpaired) electrons. The van der Waals surface area contributed by atoms with Crippen LogP contribution in [-0.4, -0.2) is 22.9 Å². The molecule has 0 aliphatic carbocycles. The first kappa shape index (κ1) is 18.4. The van der Waals surface area contributed by atoms with E-state index in [-0.39, 0.29) is 28.5 Å². The van der Waals surface area contributed by atoms with Crippen LogP contribution >= 0.6 is 62.7 Å². The quantitative estimate of drug-likeness (QED) is 0.400. The van der Waals surface area contributed by atoms with Crippen molar-refractivity contribution in [3.05, 3.63) is 25.5 Å². The first-order valence-corrected chi connectivity index (χ1v) is 7.49. The van der Waals surface area contributed by atoms with E-state index in [0.29, 0.717) is 14.2 Å². The summed E-state index contributed by atoms with van der Waals surface area (Å²) in [5.41, 5.74) is 5.60. The lowest BCUT2D eigenvalue weighted by Crippen LogP contribution is -2.17. The van der Waals surface area contributed by atoms with E-state index in [4.69, 9.17) is 10.8 Å². The van der Waals surface area contributed by atoms with E-state index < -0.39 is 11.8 Å². The van der Waals surface area contributed by atoms with Crippen LogP contribution in [0.15, 0.2) is 15.4 Å². The van der Waals surface area contributed by atoms with Crippen LogP contribution in [0.5, 0.6) is 0 Å². The van der Waals surface area contributed by atoms with Gasteiger partial charge in [0.05, 0.1) is 10.0 Å². The third-order valence-electron chi connectivity index (χ3n) is 1.84. The topological polar surface area (TPSA) is 63.3 Å². The van der Waals surface area contributed by atoms with E-state index >= 15 is 0 Å². The van der Waals surface area contributed by atoms with Crippen LogP contribution in [0.3, 0.4) is 0 Å². The summed E-state index contributed by atoms with van der Waals surface area (Å²) in [6.45, 7) is 1.84. The number of halogens is 4. The van der Waals surface area contributed by atoms with Crippen LogP contribution in [0.1, 0.15) is 17.3 Å². The van der Waals surface area contributed by atoms with Gasteiger partial charge in [-0.1, -0.05) is 0 Å². The first-order chi connectivity index (χ1) is 7.84. The van der Waals surface area contributed by atoms with Crippen LogP contribution in [-0.2, 0) is 0 Å². The maximum Gasteiger partial charge on any atom is 0.336 e. The Morgan fingerprint density at radius 3 is 2.72 bits per heavy atom. The smallest absolute Gasteiger partial charge is 0.336 e. The molecule has 0 aromatic heterocycles. The Kier molecular flexibility index (Phi) is 8.07. The zero-order chi connectivity index (χ0) is 13.2. The van der Waals surface area contributed by atoms with Crippen molar-refractivity contribution in [1.82, 2.24) is 0 Å². The summed E-state index contributed by atoms with van der Waals surface area (Å²) >= 11 is 6.38. The normalized spacial score (nSPS) is 11.8. The van der Waals surface area contributed by atoms with Crippen LogP contribution in [0.25, 0.3) is 0 Å². The van der Waals surface area contributed by atoms with Gasteiger partial charge in [0, 0.05) is 20.3 Å². The van der Waals surface area contributed by atoms with Crippen molar-refractivity contribution < 1.29 is 14.3 Å². The van der Waals surface area contributed by atoms with Crippen LogP contribution in [0, 0.1) is 9.39 Å². The van der Waals surface area contributed by atoms with Crippen molar-refractivity contribution in [3.8, 4) is 0 Å². The fraction of sp³-hybridized carbons (Fsp3) is 0.300. The largest absolute Gasteiger partial charge is 0.478 e. The Balaban J connectivity index is 0.00000289. The number of benzene rings is 1. The van der Waals surface area contributed by atoms with E-state index in [0.717, 1.165) is 6.07 Å². The number of hydrogen-bond acceptors (Lipinski definition) is 3. The molecule has 0 amide bonds. The standard InChI is InChI=1S/C10H10BrFINO2S.ClH/c1-4(14)3-17-9-7(11)6(12)2-5(8(9)13)10(15)16;/h2,4H,3,14H2,1H3,(H,15,16);1H. The highest BCUT2D eigenvalue weighted by molar-refractivity contribution is 14.1. The monoisotopic (exact) mass is 469 g/mol. The van der Waals surface area contributed by atoms with Crippen LogP contribution in [0.2, 0.25) is 0 Å². The zero-order valence-corrected chi connectivity index (χ0v) is 14.6. The predicted molar refractivity (Wildman–Crippen MR) is 85.4 cm³/mol. The van der Waals surface area contributed by atoms with E-state index in [1.807, 2.05) is 29.5 Å². The number of thioether (sulfide) groups is 1. The lowest BCUT2D eigenvalue weighted by Gasteiger charge is -2.12. The number of carboxylic acid groups (broad SMARTS) is 1. The molecule has 0 heterocycles. The second-order valence-electron chi connectivity index (χ2n) is 3.46. The molecule has 0 bridgehead atoms. The summed E-state index contributed by atoms with van der Waals surface area (Å²) in [5.74, 6) is -1.12. The minimum Gasteiger partial charge on any atom is -0.478 e. The molecule has 18 heavy (non-hydrogen) atoms. The lowest BCUT2D eigenvalue weighted by atomic mass is 10.2. The van der Waals surface area contributed by atoms with Gasteiger partial charge >= 0.3 is 5.97 Å². The van der Waals surface area contributed by atoms with Crippen LogP contribution in [0.4, 0.5) is 4.39 Å². The van der Waals surface area contributed by atoms with Crippen molar-refractivity contribution in [1.29, 1.82) is 0 Å². The molecular weight excluding hydrogens is 459 g/mol. The maximum absolute atomic E-state index is 13.5. The average Bonchev–Trinajstić information content (AvgIpc) is 2.22. The Bertz CT molecular complexity index is 462. The molecule has 3 N–H and O–H groups in total. The molecule has 1 aromatic rings. The molecule has 1 aromatic carbocycles. The highest BCUT2D eigenvalue weighted by atomic mass is 127. The molecular formula is C10H11BrClFINO2S. The molecule has 0 aliphatic rings. The summed E-state index contributed by atoms with van der Waals surface area (Å²) in [6, 6.07) is 0.976. The van der Waals surface area contributed by atoms with Gasteiger partial charge in [-0.05, 0) is 51.5 Å². The summed E-state index contributed by atoms with van der Waals surface area (Å²) in [6.07, 6.45) is 0. The van der Waals surface area contributed by atoms with E-state index in [2.05, 4.69) is 15.9 Å². The number of aromatic carboxylic acids is 1. The molecule has 1 unspecified atom stereocenters. The lowest BCUT2D eigenvalue weighted by molar-refractivity contribution is 0.0694. The molecule has 0 aliphatic heterocycles. The van der Waals surface area contributed by atoms with Crippen molar-refractivity contribution in [3.63, 3.8) is 0 Å². The van der Waals surface area contributed by atoms with E-state index in [1.54, 1.807) is 0 Å². The van der Waals surface area contributed by atoms with Crippen molar-refractivity contribution in [2.24, 2.45) is 5.73 Å². The van der Waals surface area contributed by atoms with Gasteiger partial charge in [-0.15, -0.1) is 24.2 Å². The summed E-state index contributed by atoms with van der Waals surface area (Å²) < 4.78 is 14.4. The van der Waals surface area contributed by atoms with Gasteiger partial charge in [-0.25, -0.2) is 9.18 Å². The molecule has 3 nitrogen and oxygen atoms in total. The number of rotatable bonds is 4. The molecule has 0 fully saturated rings. The number of nitrogens with two attached hydrogens (primary N) is 1. The minimum atomic E-state index is -1.14. The molecule has 0 saturated carbocycles. The van der Waals surface area contributed by atoms with Gasteiger partial charge < -0.3 is 10.8 Å². The second-order valence-corrected chi connectivity index (χ2v) is 6.36. The van der Waals surface area contributed by atoms with E-state index in [9.17, 15) is 9.18 Å². The third kappa shape index (κ3) is 4.52. The Morgan fingerprint density at radius 2 is 2.28 bits per heavy atom. The summed E-state index contributed by atoms with van der Waals surface area (Å²) in [5, 5.41) is 8.96. The van der Waals surface area contributed by atoms with Gasteiger partial charge in [0.2, 0.25) is 0 Å². The van der Waals surface area contributed by atoms with Crippen molar-refractivity contribution in [2.75, 3.05) is 5.75 Å². The Morgan fingerprint density at radius 1 is 1.72 bits per heavy atom. The first-order valence-electron chi connectivity index (χ1n) is 4.63. The maximum atomic E-state index is 13.5. The zero-order valence-electron chi connectivity index (χ0n) is 9.25. The Hall–Kier alpha value is 0.430. The van der Waals surface area contributed by atoms with Gasteiger partial charge in [0.25, 0.3) is 0 Å². The fourth-order valence-electron chi connectivity index (χ4n) is 1.08. The third-order valence-corrected chi connectivity index (χ3v) is 5.75. The van der Waals surface area contributed by atoms with Gasteiger partial charge in [0.1, 0.15) is 5.82 Å². The fourth-order valence-corrected chi connectivity index (χ4v) is 4.12. The van der Waals surface area contributed by atoms with Crippen molar-refractivity contribution in [2.45, 2.75) is 17.9 Å². The predicted octanol–water partition coefficient (Wildman–Crippen LogP) is 3.75. The molecule has 0 spiro atoms. The second kappa shape index (κ2) is 7.88. The summed E-state index contributed by atoms with van der Waals surface area (Å²) in [4.78, 5) is 11.5. The number of carboxylic acids is 1. The average molecular weight is 471 g/mol. The van der Waals surface area contributed by atoms with Gasteiger partial charge in [-0.2, -0.15) is 0 Å². The van der Waals surface area contributed by atoms with E-state index in [1.165, 1.54) is 11.8 Å². The van der Waals surface area contributed by atoms with Gasteiger partial charge in [-0.3, -0.25) is 0 Å². The molecule has 0 saturated heterocycles. The van der Waals surface area contributed by atoms with Gasteiger partial charge in [0.15, 0.2) is 0 Å². The van der Waals surface area contributed by atoms with Crippen molar-refractivity contribution >= 4 is 68.7 Å². The molecule has 1 atom stereocenters. The highest BCUT2D eigenvalue weighted by Crippen LogP contribution is 2.36. The minimum absolute atomic E-state index is 0. The molecule has 102 valence electrons. The molecule has 8 heteroatoms. The Labute approximate surface area is 137 Å². The van der Waals surface area contributed by atoms with Crippen LogP contribution < -0.4 is 5.73 Å². The molecule has 1 rings (SSSR count). The number of hydrogen-bond donors (Lipinski definition) is 2.